The lowest BCUT2D eigenvalue weighted by atomic mass is 9.87. The van der Waals surface area contributed by atoms with Gasteiger partial charge < -0.3 is 16.8 Å². The van der Waals surface area contributed by atoms with Crippen LogP contribution in [0.2, 0.25) is 0 Å². The van der Waals surface area contributed by atoms with Gasteiger partial charge in [-0.05, 0) is 48.7 Å². The predicted octanol–water partition coefficient (Wildman–Crippen LogP) is 3.94. The maximum atomic E-state index is 13.7. The number of rotatable bonds is 7. The van der Waals surface area contributed by atoms with Gasteiger partial charge in [0.1, 0.15) is 5.82 Å². The van der Waals surface area contributed by atoms with E-state index in [1.54, 1.807) is 19.2 Å². The lowest BCUT2D eigenvalue weighted by Crippen LogP contribution is -2.37. The number of allylic oxidation sites excluding steroid dienone is 3. The molecule has 0 saturated heterocycles. The fourth-order valence-electron chi connectivity index (χ4n) is 3.51. The summed E-state index contributed by atoms with van der Waals surface area (Å²) in [4.78, 5) is 4.58. The third kappa shape index (κ3) is 5.19. The van der Waals surface area contributed by atoms with Crippen LogP contribution < -0.4 is 16.8 Å². The van der Waals surface area contributed by atoms with Crippen LogP contribution in [0, 0.1) is 18.7 Å². The van der Waals surface area contributed by atoms with E-state index in [2.05, 4.69) is 23.3 Å². The van der Waals surface area contributed by atoms with Crippen LogP contribution in [0.25, 0.3) is 16.8 Å². The highest BCUT2D eigenvalue weighted by atomic mass is 19.1. The molecule has 2 aromatic rings. The molecule has 0 saturated carbocycles. The highest BCUT2D eigenvalue weighted by Gasteiger charge is 2.20. The zero-order valence-electron chi connectivity index (χ0n) is 17.0. The number of nitrogens with one attached hydrogen (secondary N) is 1. The number of halogens is 1. The van der Waals surface area contributed by atoms with Crippen molar-refractivity contribution in [2.45, 2.75) is 26.3 Å². The smallest absolute Gasteiger partial charge is 0.126 e. The molecule has 5 N–H and O–H groups in total. The maximum Gasteiger partial charge on any atom is 0.126 e. The number of aryl methyl sites for hydroxylation is 1. The van der Waals surface area contributed by atoms with Crippen molar-refractivity contribution in [3.05, 3.63) is 83.5 Å². The molecule has 1 heterocycles. The van der Waals surface area contributed by atoms with Crippen LogP contribution in [0.15, 0.2) is 66.5 Å². The van der Waals surface area contributed by atoms with Crippen molar-refractivity contribution in [1.82, 2.24) is 10.3 Å². The van der Waals surface area contributed by atoms with E-state index in [-0.39, 0.29) is 17.8 Å². The average molecular weight is 393 g/mol. The van der Waals surface area contributed by atoms with Crippen LogP contribution in [0.5, 0.6) is 0 Å². The van der Waals surface area contributed by atoms with Gasteiger partial charge in [-0.2, -0.15) is 0 Å². The second-order valence-electron chi connectivity index (χ2n) is 7.40. The van der Waals surface area contributed by atoms with Crippen molar-refractivity contribution >= 4 is 5.57 Å². The molecule has 0 amide bonds. The average Bonchev–Trinajstić information content (AvgIpc) is 2.72. The summed E-state index contributed by atoms with van der Waals surface area (Å²) in [5, 5.41) is 3.39. The molecule has 152 valence electrons. The molecule has 1 aliphatic rings. The molecule has 1 aliphatic carbocycles. The van der Waals surface area contributed by atoms with Crippen LogP contribution in [0.4, 0.5) is 4.39 Å². The van der Waals surface area contributed by atoms with Gasteiger partial charge in [-0.15, -0.1) is 0 Å². The van der Waals surface area contributed by atoms with Crippen LogP contribution in [0.3, 0.4) is 0 Å². The minimum atomic E-state index is -0.212. The maximum absolute atomic E-state index is 13.7. The molecule has 2 unspecified atom stereocenters. The van der Waals surface area contributed by atoms with Gasteiger partial charge in [0.25, 0.3) is 0 Å². The van der Waals surface area contributed by atoms with E-state index in [1.807, 2.05) is 36.4 Å². The van der Waals surface area contributed by atoms with E-state index in [0.29, 0.717) is 12.1 Å². The van der Waals surface area contributed by atoms with E-state index in [0.717, 1.165) is 41.1 Å². The minimum Gasteiger partial charge on any atom is -0.401 e. The Kier molecular flexibility index (Phi) is 6.96. The standard InChI is InChI=1S/C24H29FN4/c1-3-5-20(26)15-28-14-19-13-17(8-10-23(19)27)21-6-4-11-29-24(21)18-7-9-22(25)16(2)12-18/h4-13,19,23,28H,3,14-15,26-27H2,1-2H3. The SMILES string of the molecule is CCC=C(N)CNCC1C=C(c2cccnc2-c2ccc(F)c(C)c2)C=CC1N. The number of hydrogen-bond donors (Lipinski definition) is 3. The Balaban J connectivity index is 1.85. The Hall–Kier alpha value is -2.76. The van der Waals surface area contributed by atoms with Gasteiger partial charge in [0.15, 0.2) is 0 Å². The Morgan fingerprint density at radius 2 is 2.14 bits per heavy atom. The molecule has 0 radical (unpaired) electrons. The van der Waals surface area contributed by atoms with Crippen LogP contribution in [-0.4, -0.2) is 24.1 Å². The minimum absolute atomic E-state index is 0.0594. The third-order valence-electron chi connectivity index (χ3n) is 5.11. The van der Waals surface area contributed by atoms with Crippen molar-refractivity contribution in [3.63, 3.8) is 0 Å². The summed E-state index contributed by atoms with van der Waals surface area (Å²) >= 11 is 0. The normalized spacial score (nSPS) is 19.3. The Morgan fingerprint density at radius 3 is 2.90 bits per heavy atom. The summed E-state index contributed by atoms with van der Waals surface area (Å²) in [5.41, 5.74) is 17.5. The zero-order valence-corrected chi connectivity index (χ0v) is 17.0. The third-order valence-corrected chi connectivity index (χ3v) is 5.11. The highest BCUT2D eigenvalue weighted by Crippen LogP contribution is 2.31. The number of aromatic nitrogens is 1. The van der Waals surface area contributed by atoms with E-state index >= 15 is 0 Å². The first-order valence-corrected chi connectivity index (χ1v) is 10.0. The van der Waals surface area contributed by atoms with Crippen molar-refractivity contribution in [3.8, 4) is 11.3 Å². The van der Waals surface area contributed by atoms with Crippen molar-refractivity contribution in [2.24, 2.45) is 17.4 Å². The number of pyridine rings is 1. The van der Waals surface area contributed by atoms with E-state index in [1.165, 1.54) is 6.07 Å². The predicted molar refractivity (Wildman–Crippen MR) is 118 cm³/mol. The first-order chi connectivity index (χ1) is 14.0. The van der Waals surface area contributed by atoms with Gasteiger partial charge >= 0.3 is 0 Å². The molecule has 2 atom stereocenters. The number of nitrogens with two attached hydrogens (primary N) is 2. The molecule has 4 nitrogen and oxygen atoms in total. The molecular weight excluding hydrogens is 363 g/mol. The summed E-state index contributed by atoms with van der Waals surface area (Å²) < 4.78 is 13.7. The van der Waals surface area contributed by atoms with Gasteiger partial charge in [0.05, 0.1) is 5.69 Å². The monoisotopic (exact) mass is 392 g/mol. The summed E-state index contributed by atoms with van der Waals surface area (Å²) in [6, 6.07) is 9.00. The summed E-state index contributed by atoms with van der Waals surface area (Å²) in [5.74, 6) is -0.0658. The number of nitrogens with zero attached hydrogens (tertiary/aromatic N) is 1. The molecule has 1 aromatic heterocycles. The largest absolute Gasteiger partial charge is 0.401 e. The first-order valence-electron chi connectivity index (χ1n) is 10.0. The lowest BCUT2D eigenvalue weighted by Gasteiger charge is -2.24. The molecule has 0 fully saturated rings. The molecule has 29 heavy (non-hydrogen) atoms. The first kappa shape index (κ1) is 21.0. The second kappa shape index (κ2) is 9.63. The van der Waals surface area contributed by atoms with Gasteiger partial charge in [-0.1, -0.05) is 37.3 Å². The fourth-order valence-corrected chi connectivity index (χ4v) is 3.51. The van der Waals surface area contributed by atoms with Crippen LogP contribution in [-0.2, 0) is 0 Å². The zero-order chi connectivity index (χ0) is 20.8. The second-order valence-corrected chi connectivity index (χ2v) is 7.40. The van der Waals surface area contributed by atoms with Crippen molar-refractivity contribution in [2.75, 3.05) is 13.1 Å². The summed E-state index contributed by atoms with van der Waals surface area (Å²) in [6.07, 6.45) is 11.0. The van der Waals surface area contributed by atoms with Gasteiger partial charge in [-0.3, -0.25) is 4.98 Å². The Labute approximate surface area is 172 Å². The number of hydrogen-bond acceptors (Lipinski definition) is 4. The van der Waals surface area contributed by atoms with Crippen molar-refractivity contribution in [1.29, 1.82) is 0 Å². The van der Waals surface area contributed by atoms with E-state index < -0.39 is 0 Å². The van der Waals surface area contributed by atoms with E-state index in [9.17, 15) is 4.39 Å². The van der Waals surface area contributed by atoms with Crippen LogP contribution >= 0.6 is 0 Å². The topological polar surface area (TPSA) is 77.0 Å². The molecule has 1 aromatic carbocycles. The molecular formula is C24H29FN4. The summed E-state index contributed by atoms with van der Waals surface area (Å²) in [7, 11) is 0. The molecule has 3 rings (SSSR count). The fraction of sp³-hybridized carbons (Fsp3) is 0.292. The molecule has 0 aliphatic heterocycles. The van der Waals surface area contributed by atoms with Crippen LogP contribution in [0.1, 0.15) is 24.5 Å². The van der Waals surface area contributed by atoms with Gasteiger partial charge in [0, 0.05) is 48.1 Å². The highest BCUT2D eigenvalue weighted by molar-refractivity contribution is 5.84. The quantitative estimate of drug-likeness (QED) is 0.667. The Bertz CT molecular complexity index is 946. The van der Waals surface area contributed by atoms with Gasteiger partial charge in [0.2, 0.25) is 0 Å². The lowest BCUT2D eigenvalue weighted by molar-refractivity contribution is 0.523. The summed E-state index contributed by atoms with van der Waals surface area (Å²) in [6.45, 7) is 5.22. The van der Waals surface area contributed by atoms with Gasteiger partial charge in [-0.25, -0.2) is 4.39 Å². The molecule has 0 spiro atoms. The molecule has 0 bridgehead atoms. The van der Waals surface area contributed by atoms with Crippen molar-refractivity contribution < 1.29 is 4.39 Å². The molecule has 5 heteroatoms. The Morgan fingerprint density at radius 1 is 1.31 bits per heavy atom. The van der Waals surface area contributed by atoms with E-state index in [4.69, 9.17) is 11.5 Å². The number of benzene rings is 1.